The van der Waals surface area contributed by atoms with Crippen LogP contribution < -0.4 is 10.6 Å². The number of carbonyl (C=O) groups is 2. The monoisotopic (exact) mass is 460 g/mol. The third-order valence-corrected chi connectivity index (χ3v) is 5.14. The van der Waals surface area contributed by atoms with Gasteiger partial charge in [-0.25, -0.2) is 0 Å². The third-order valence-electron chi connectivity index (χ3n) is 5.14. The molecule has 0 aliphatic rings. The number of hydrogen-bond donors (Lipinski definition) is 2. The van der Waals surface area contributed by atoms with Crippen molar-refractivity contribution < 1.29 is 9.59 Å². The van der Waals surface area contributed by atoms with E-state index in [0.717, 1.165) is 28.3 Å². The summed E-state index contributed by atoms with van der Waals surface area (Å²) in [4.78, 5) is 31.7. The highest BCUT2D eigenvalue weighted by Gasteiger charge is 2.29. The van der Waals surface area contributed by atoms with Gasteiger partial charge in [0.25, 0.3) is 0 Å². The van der Waals surface area contributed by atoms with Crippen LogP contribution in [0.3, 0.4) is 0 Å². The van der Waals surface area contributed by atoms with Crippen molar-refractivity contribution in [3.05, 3.63) is 96.9 Å². The first kappa shape index (κ1) is 28.2. The van der Waals surface area contributed by atoms with Crippen LogP contribution in [0.1, 0.15) is 48.0 Å². The molecule has 0 aromatic carbocycles. The van der Waals surface area contributed by atoms with E-state index in [1.807, 2.05) is 71.9 Å². The van der Waals surface area contributed by atoms with Crippen LogP contribution in [-0.2, 0) is 9.59 Å². The van der Waals surface area contributed by atoms with Crippen LogP contribution in [-0.4, -0.2) is 21.5 Å². The minimum atomic E-state index is -0.572. The Morgan fingerprint density at radius 3 is 2.00 bits per heavy atom. The fourth-order valence-corrected chi connectivity index (χ4v) is 2.91. The Hall–Kier alpha value is -3.80. The predicted molar refractivity (Wildman–Crippen MR) is 141 cm³/mol. The van der Waals surface area contributed by atoms with Crippen LogP contribution in [0.2, 0.25) is 0 Å². The van der Waals surface area contributed by atoms with Gasteiger partial charge in [0.1, 0.15) is 0 Å². The summed E-state index contributed by atoms with van der Waals surface area (Å²) in [6.07, 6.45) is 14.2. The van der Waals surface area contributed by atoms with Crippen LogP contribution in [0.5, 0.6) is 0 Å². The summed E-state index contributed by atoms with van der Waals surface area (Å²) < 4.78 is 0. The summed E-state index contributed by atoms with van der Waals surface area (Å²) in [5, 5.41) is 6.40. The Balaban J connectivity index is 0.000000342. The molecule has 2 rings (SSSR count). The van der Waals surface area contributed by atoms with Crippen molar-refractivity contribution in [2.45, 2.75) is 48.0 Å². The van der Waals surface area contributed by atoms with Crippen molar-refractivity contribution in [1.82, 2.24) is 9.97 Å². The molecule has 6 heteroatoms. The van der Waals surface area contributed by atoms with Gasteiger partial charge >= 0.3 is 0 Å². The highest BCUT2D eigenvalue weighted by Crippen LogP contribution is 2.29. The fraction of sp³-hybridized carbons (Fsp3) is 0.286. The van der Waals surface area contributed by atoms with Gasteiger partial charge in [-0.1, -0.05) is 18.2 Å². The van der Waals surface area contributed by atoms with Gasteiger partial charge in [0.05, 0.1) is 29.2 Å². The van der Waals surface area contributed by atoms with E-state index in [-0.39, 0.29) is 11.6 Å². The molecular weight excluding hydrogens is 424 g/mol. The van der Waals surface area contributed by atoms with E-state index in [1.54, 1.807) is 43.0 Å². The Kier molecular flexibility index (Phi) is 11.9. The second-order valence-corrected chi connectivity index (χ2v) is 8.09. The molecule has 2 aromatic rings. The van der Waals surface area contributed by atoms with Gasteiger partial charge in [-0.3, -0.25) is 19.6 Å². The lowest BCUT2D eigenvalue weighted by molar-refractivity contribution is -0.120. The second kappa shape index (κ2) is 14.4. The molecule has 2 aromatic heterocycles. The molecule has 0 unspecified atom stereocenters. The van der Waals surface area contributed by atoms with E-state index in [9.17, 15) is 9.59 Å². The van der Waals surface area contributed by atoms with Crippen molar-refractivity contribution >= 4 is 22.9 Å². The number of ketones is 2. The van der Waals surface area contributed by atoms with Crippen LogP contribution in [0, 0.1) is 5.41 Å². The van der Waals surface area contributed by atoms with Crippen molar-refractivity contribution in [2.24, 2.45) is 5.41 Å². The standard InChI is InChI=1S/C15H20N2O.C13H16N2O/c1-5-8-14(18)15(3,4)13(6-2)17-12-9-7-10-16-11-12;1-4-6-13(16)10(2)11(3)15-12-7-5-8-14-9-12/h5-11,17H,1-4H3;4-5,7-9,15H,1,6H2,2-3H3/b8-5+,13-6+;11-10-. The molecule has 34 heavy (non-hydrogen) atoms. The van der Waals surface area contributed by atoms with Crippen LogP contribution in [0.25, 0.3) is 0 Å². The Morgan fingerprint density at radius 2 is 1.56 bits per heavy atom. The zero-order chi connectivity index (χ0) is 25.6. The van der Waals surface area contributed by atoms with Gasteiger partial charge in [-0.2, -0.15) is 0 Å². The number of hydrogen-bond acceptors (Lipinski definition) is 6. The zero-order valence-electron chi connectivity index (χ0n) is 21.1. The smallest absolute Gasteiger partial charge is 0.166 e. The number of aromatic nitrogens is 2. The Labute approximate surface area is 203 Å². The van der Waals surface area contributed by atoms with Crippen molar-refractivity contribution in [1.29, 1.82) is 0 Å². The number of pyridine rings is 2. The summed E-state index contributed by atoms with van der Waals surface area (Å²) in [7, 11) is 0. The van der Waals surface area contributed by atoms with E-state index >= 15 is 0 Å². The fourth-order valence-electron chi connectivity index (χ4n) is 2.91. The second-order valence-electron chi connectivity index (χ2n) is 8.09. The summed E-state index contributed by atoms with van der Waals surface area (Å²) in [5.74, 6) is 0.165. The first-order chi connectivity index (χ1) is 16.2. The van der Waals surface area contributed by atoms with Gasteiger partial charge in [0.15, 0.2) is 11.6 Å². The first-order valence-corrected chi connectivity index (χ1v) is 11.2. The van der Waals surface area contributed by atoms with Gasteiger partial charge in [-0.05, 0) is 71.9 Å². The summed E-state index contributed by atoms with van der Waals surface area (Å²) in [6, 6.07) is 7.53. The lowest BCUT2D eigenvalue weighted by atomic mass is 9.83. The minimum absolute atomic E-state index is 0.0782. The normalized spacial score (nSPS) is 12.2. The summed E-state index contributed by atoms with van der Waals surface area (Å²) in [5.41, 5.74) is 3.64. The molecule has 0 aliphatic heterocycles. The predicted octanol–water partition coefficient (Wildman–Crippen LogP) is 6.50. The van der Waals surface area contributed by atoms with Crippen LogP contribution >= 0.6 is 0 Å². The van der Waals surface area contributed by atoms with Crippen LogP contribution in [0.15, 0.2) is 96.9 Å². The number of nitrogens with one attached hydrogen (secondary N) is 2. The maximum absolute atomic E-state index is 12.1. The average Bonchev–Trinajstić information content (AvgIpc) is 2.83. The molecule has 0 saturated heterocycles. The highest BCUT2D eigenvalue weighted by molar-refractivity contribution is 5.97. The maximum Gasteiger partial charge on any atom is 0.166 e. The lowest BCUT2D eigenvalue weighted by Crippen LogP contribution is -2.28. The molecule has 2 N–H and O–H groups in total. The van der Waals surface area contributed by atoms with Crippen molar-refractivity contribution in [2.75, 3.05) is 10.6 Å². The molecule has 0 saturated carbocycles. The van der Waals surface area contributed by atoms with Gasteiger partial charge in [0, 0.05) is 35.8 Å². The molecule has 0 bridgehead atoms. The number of nitrogens with zero attached hydrogens (tertiary/aromatic N) is 2. The van der Waals surface area contributed by atoms with E-state index in [4.69, 9.17) is 0 Å². The molecule has 0 aliphatic carbocycles. The van der Waals surface area contributed by atoms with Gasteiger partial charge in [-0.15, -0.1) is 6.58 Å². The third kappa shape index (κ3) is 8.98. The molecule has 0 fully saturated rings. The molecule has 0 atom stereocenters. The number of carbonyl (C=O) groups excluding carboxylic acids is 2. The topological polar surface area (TPSA) is 84.0 Å². The summed E-state index contributed by atoms with van der Waals surface area (Å²) in [6.45, 7) is 14.8. The Bertz CT molecular complexity index is 1040. The van der Waals surface area contributed by atoms with E-state index < -0.39 is 5.41 Å². The summed E-state index contributed by atoms with van der Waals surface area (Å²) >= 11 is 0. The number of Topliss-reactive ketones (excluding diaryl/α,β-unsaturated/α-hetero) is 1. The van der Waals surface area contributed by atoms with Gasteiger partial charge < -0.3 is 10.6 Å². The highest BCUT2D eigenvalue weighted by atomic mass is 16.1. The first-order valence-electron chi connectivity index (χ1n) is 11.2. The zero-order valence-corrected chi connectivity index (χ0v) is 21.1. The molecule has 2 heterocycles. The average molecular weight is 461 g/mol. The van der Waals surface area contributed by atoms with Crippen LogP contribution in [0.4, 0.5) is 11.4 Å². The Morgan fingerprint density at radius 1 is 1.00 bits per heavy atom. The molecule has 0 radical (unpaired) electrons. The number of rotatable bonds is 10. The lowest BCUT2D eigenvalue weighted by Gasteiger charge is -2.26. The van der Waals surface area contributed by atoms with Crippen molar-refractivity contribution in [3.63, 3.8) is 0 Å². The molecular formula is C28H36N4O2. The number of anilines is 2. The minimum Gasteiger partial charge on any atom is -0.358 e. The number of allylic oxidation sites excluding steroid dienone is 7. The van der Waals surface area contributed by atoms with Crippen molar-refractivity contribution in [3.8, 4) is 0 Å². The maximum atomic E-state index is 12.1. The molecule has 6 nitrogen and oxygen atoms in total. The largest absolute Gasteiger partial charge is 0.358 e. The molecule has 180 valence electrons. The van der Waals surface area contributed by atoms with E-state index in [1.165, 1.54) is 0 Å². The van der Waals surface area contributed by atoms with Gasteiger partial charge in [0.2, 0.25) is 0 Å². The molecule has 0 spiro atoms. The SMILES string of the molecule is C/C=C/C(=O)C(C)(C)/C(=C\C)Nc1cccnc1.C=CCC(=O)/C(C)=C(/C)Nc1cccnc1. The van der Waals surface area contributed by atoms with E-state index in [0.29, 0.717) is 6.42 Å². The van der Waals surface area contributed by atoms with E-state index in [2.05, 4.69) is 27.2 Å². The molecule has 0 amide bonds. The quantitative estimate of drug-likeness (QED) is 0.311.